The molecule has 3 aliphatic rings. The number of hydrogen-bond acceptors (Lipinski definition) is 8. The van der Waals surface area contributed by atoms with E-state index >= 15 is 0 Å². The molecule has 1 amide bonds. The van der Waals surface area contributed by atoms with Gasteiger partial charge in [-0.1, -0.05) is 30.3 Å². The van der Waals surface area contributed by atoms with Crippen molar-refractivity contribution in [2.45, 2.75) is 12.0 Å². The minimum Gasteiger partial charge on any atom is -0.493 e. The molecule has 3 aromatic rings. The van der Waals surface area contributed by atoms with Gasteiger partial charge in [0.1, 0.15) is 0 Å². The van der Waals surface area contributed by atoms with Crippen LogP contribution < -0.4 is 29.0 Å². The van der Waals surface area contributed by atoms with E-state index < -0.39 is 17.9 Å². The highest BCUT2D eigenvalue weighted by Gasteiger charge is 2.53. The molecule has 0 unspecified atom stereocenters. The maximum Gasteiger partial charge on any atom is 0.310 e. The molecule has 4 atom stereocenters. The summed E-state index contributed by atoms with van der Waals surface area (Å²) < 4.78 is 33.8. The number of methoxy groups -OCH3 is 3. The van der Waals surface area contributed by atoms with Gasteiger partial charge in [0.2, 0.25) is 18.4 Å². The number of rotatable bonds is 7. The van der Waals surface area contributed by atoms with Crippen molar-refractivity contribution in [2.24, 2.45) is 11.8 Å². The third-order valence-electron chi connectivity index (χ3n) is 7.76. The average Bonchev–Trinajstić information content (AvgIpc) is 3.61. The maximum absolute atomic E-state index is 13.3. The molecule has 2 heterocycles. The molecule has 9 nitrogen and oxygen atoms in total. The van der Waals surface area contributed by atoms with E-state index in [4.69, 9.17) is 28.4 Å². The number of benzene rings is 3. The summed E-state index contributed by atoms with van der Waals surface area (Å²) in [5.74, 6) is 0.653. The Morgan fingerprint density at radius 1 is 0.900 bits per heavy atom. The summed E-state index contributed by atoms with van der Waals surface area (Å²) in [6.07, 6.45) is 3.26. The Labute approximate surface area is 231 Å². The highest BCUT2D eigenvalue weighted by molar-refractivity contribution is 5.92. The molecule has 0 spiro atoms. The van der Waals surface area contributed by atoms with Crippen molar-refractivity contribution in [1.82, 2.24) is 5.32 Å². The lowest BCUT2D eigenvalue weighted by Crippen LogP contribution is -2.42. The van der Waals surface area contributed by atoms with Crippen LogP contribution in [0.5, 0.6) is 28.7 Å². The van der Waals surface area contributed by atoms with Crippen molar-refractivity contribution in [3.05, 3.63) is 82.9 Å². The standard InChI is InChI=1S/C31H29NO8/c1-35-24-11-18(12-25(36-2)30(24)37-3)27-19-13-22-23(40-16-39-22)14-20(19)29(21-15-38-31(34)28(21)27)32-26(33)10-9-17-7-5-4-6-8-17/h4-14,21,27-29H,15-16H2,1-3H3,(H,32,33)/b10-9+/t21-,27+,28-,29+/m0/s1. The van der Waals surface area contributed by atoms with Crippen LogP contribution >= 0.6 is 0 Å². The first-order valence-corrected chi connectivity index (χ1v) is 13.0. The maximum atomic E-state index is 13.3. The van der Waals surface area contributed by atoms with Gasteiger partial charge < -0.3 is 33.7 Å². The molecule has 1 saturated heterocycles. The fourth-order valence-corrected chi connectivity index (χ4v) is 5.97. The van der Waals surface area contributed by atoms with Crippen molar-refractivity contribution in [1.29, 1.82) is 0 Å². The van der Waals surface area contributed by atoms with Crippen LogP contribution in [0.3, 0.4) is 0 Å². The predicted molar refractivity (Wildman–Crippen MR) is 145 cm³/mol. The van der Waals surface area contributed by atoms with Gasteiger partial charge in [0.15, 0.2) is 23.0 Å². The van der Waals surface area contributed by atoms with Crippen LogP contribution in [0.2, 0.25) is 0 Å². The molecular formula is C31H29NO8. The second-order valence-corrected chi connectivity index (χ2v) is 9.82. The summed E-state index contributed by atoms with van der Waals surface area (Å²) in [4.78, 5) is 26.5. The Morgan fingerprint density at radius 3 is 2.23 bits per heavy atom. The number of hydrogen-bond donors (Lipinski definition) is 1. The van der Waals surface area contributed by atoms with Gasteiger partial charge in [0, 0.05) is 17.9 Å². The number of esters is 1. The molecule has 9 heteroatoms. The molecule has 0 radical (unpaired) electrons. The Hall–Kier alpha value is -4.66. The molecule has 1 N–H and O–H groups in total. The lowest BCUT2D eigenvalue weighted by molar-refractivity contribution is -0.141. The van der Waals surface area contributed by atoms with Crippen LogP contribution in [0.15, 0.2) is 60.7 Å². The molecule has 6 rings (SSSR count). The molecule has 0 saturated carbocycles. The number of fused-ring (bicyclic) bond motifs is 3. The Balaban J connectivity index is 1.46. The van der Waals surface area contributed by atoms with Crippen molar-refractivity contribution >= 4 is 18.0 Å². The normalized spacial score (nSPS) is 22.3. The van der Waals surface area contributed by atoms with Crippen LogP contribution in [-0.2, 0) is 14.3 Å². The van der Waals surface area contributed by atoms with E-state index in [0.717, 1.165) is 22.3 Å². The van der Waals surface area contributed by atoms with Crippen molar-refractivity contribution in [3.8, 4) is 28.7 Å². The van der Waals surface area contributed by atoms with Gasteiger partial charge in [0.05, 0.1) is 39.9 Å². The SMILES string of the molecule is COc1cc([C@@H]2c3cc4c(cc3[C@@H](NC(=O)/C=C/c3ccccc3)[C@H]3COC(=O)[C@H]23)OCO4)cc(OC)c1OC. The van der Waals surface area contributed by atoms with E-state index in [0.29, 0.717) is 28.7 Å². The fourth-order valence-electron chi connectivity index (χ4n) is 5.97. The second-order valence-electron chi connectivity index (χ2n) is 9.82. The number of amides is 1. The molecule has 2 aliphatic heterocycles. The van der Waals surface area contributed by atoms with Gasteiger partial charge in [-0.15, -0.1) is 0 Å². The monoisotopic (exact) mass is 543 g/mol. The lowest BCUT2D eigenvalue weighted by Gasteiger charge is -2.39. The van der Waals surface area contributed by atoms with Crippen molar-refractivity contribution in [2.75, 3.05) is 34.7 Å². The van der Waals surface area contributed by atoms with E-state index in [9.17, 15) is 9.59 Å². The van der Waals surface area contributed by atoms with Gasteiger partial charge in [0.25, 0.3) is 0 Å². The van der Waals surface area contributed by atoms with Gasteiger partial charge in [-0.2, -0.15) is 0 Å². The first kappa shape index (κ1) is 25.6. The van der Waals surface area contributed by atoms with Gasteiger partial charge in [-0.25, -0.2) is 0 Å². The van der Waals surface area contributed by atoms with E-state index in [1.54, 1.807) is 27.4 Å². The molecular weight excluding hydrogens is 514 g/mol. The van der Waals surface area contributed by atoms with Crippen LogP contribution in [0.4, 0.5) is 0 Å². The minimum absolute atomic E-state index is 0.0960. The smallest absolute Gasteiger partial charge is 0.310 e. The van der Waals surface area contributed by atoms with Gasteiger partial charge in [-0.05, 0) is 52.6 Å². The third kappa shape index (κ3) is 4.37. The summed E-state index contributed by atoms with van der Waals surface area (Å²) in [6.45, 7) is 0.268. The predicted octanol–water partition coefficient (Wildman–Crippen LogP) is 4.25. The number of carbonyl (C=O) groups is 2. The molecule has 206 valence electrons. The zero-order chi connectivity index (χ0) is 27.8. The lowest BCUT2D eigenvalue weighted by atomic mass is 9.65. The first-order chi connectivity index (χ1) is 19.5. The molecule has 1 fully saturated rings. The average molecular weight is 544 g/mol. The van der Waals surface area contributed by atoms with Gasteiger partial charge in [-0.3, -0.25) is 9.59 Å². The van der Waals surface area contributed by atoms with E-state index in [1.807, 2.05) is 54.6 Å². The van der Waals surface area contributed by atoms with Crippen molar-refractivity contribution in [3.63, 3.8) is 0 Å². The number of nitrogens with one attached hydrogen (secondary N) is 1. The van der Waals surface area contributed by atoms with Crippen LogP contribution in [0.1, 0.15) is 34.2 Å². The topological polar surface area (TPSA) is 102 Å². The largest absolute Gasteiger partial charge is 0.493 e. The van der Waals surface area contributed by atoms with E-state index in [2.05, 4.69) is 5.32 Å². The minimum atomic E-state index is -0.570. The van der Waals surface area contributed by atoms with E-state index in [1.165, 1.54) is 6.08 Å². The Bertz CT molecular complexity index is 1460. The fraction of sp³-hybridized carbons (Fsp3) is 0.290. The molecule has 3 aromatic carbocycles. The summed E-state index contributed by atoms with van der Waals surface area (Å²) in [5, 5.41) is 3.14. The van der Waals surface area contributed by atoms with E-state index in [-0.39, 0.29) is 31.2 Å². The molecule has 0 aromatic heterocycles. The first-order valence-electron chi connectivity index (χ1n) is 13.0. The van der Waals surface area contributed by atoms with Crippen LogP contribution in [-0.4, -0.2) is 46.6 Å². The summed E-state index contributed by atoms with van der Waals surface area (Å²) in [5.41, 5.74) is 3.36. The highest BCUT2D eigenvalue weighted by Crippen LogP contribution is 2.55. The number of cyclic esters (lactones) is 1. The Kier molecular flexibility index (Phi) is 6.71. The zero-order valence-corrected chi connectivity index (χ0v) is 22.3. The van der Waals surface area contributed by atoms with Gasteiger partial charge >= 0.3 is 5.97 Å². The third-order valence-corrected chi connectivity index (χ3v) is 7.76. The second kappa shape index (κ2) is 10.5. The van der Waals surface area contributed by atoms with Crippen LogP contribution in [0.25, 0.3) is 6.08 Å². The molecule has 40 heavy (non-hydrogen) atoms. The molecule has 1 aliphatic carbocycles. The van der Waals surface area contributed by atoms with Crippen LogP contribution in [0, 0.1) is 11.8 Å². The number of ether oxygens (including phenoxy) is 6. The zero-order valence-electron chi connectivity index (χ0n) is 22.3. The summed E-state index contributed by atoms with van der Waals surface area (Å²) >= 11 is 0. The quantitative estimate of drug-likeness (QED) is 0.349. The Morgan fingerprint density at radius 2 is 1.57 bits per heavy atom. The molecule has 0 bridgehead atoms. The summed E-state index contributed by atoms with van der Waals surface area (Å²) in [6, 6.07) is 16.6. The van der Waals surface area contributed by atoms with Crippen molar-refractivity contribution < 1.29 is 38.0 Å². The summed E-state index contributed by atoms with van der Waals surface area (Å²) in [7, 11) is 4.64. The highest BCUT2D eigenvalue weighted by atomic mass is 16.7. The number of carbonyl (C=O) groups excluding carboxylic acids is 2.